The molecule has 0 bridgehead atoms. The zero-order valence-electron chi connectivity index (χ0n) is 20.5. The molecule has 1 unspecified atom stereocenters. The number of cyclic esters (lactones) is 1. The summed E-state index contributed by atoms with van der Waals surface area (Å²) in [6.45, 7) is 4.85. The second kappa shape index (κ2) is 9.54. The van der Waals surface area contributed by atoms with E-state index in [1.165, 1.54) is 11.8 Å². The van der Waals surface area contributed by atoms with Gasteiger partial charge in [0.2, 0.25) is 5.91 Å². The van der Waals surface area contributed by atoms with Crippen LogP contribution in [0.1, 0.15) is 31.7 Å². The minimum absolute atomic E-state index is 0.0830. The molecule has 5 atom stereocenters. The number of thioether (sulfide) groups is 1. The number of ether oxygens (including phenoxy) is 1. The third-order valence-corrected chi connectivity index (χ3v) is 9.93. The van der Waals surface area contributed by atoms with Gasteiger partial charge in [-0.1, -0.05) is 42.0 Å². The first-order valence-corrected chi connectivity index (χ1v) is 13.6. The summed E-state index contributed by atoms with van der Waals surface area (Å²) in [7, 11) is 0. The number of esters is 1. The van der Waals surface area contributed by atoms with Crippen LogP contribution in [0.4, 0.5) is 5.69 Å². The van der Waals surface area contributed by atoms with E-state index >= 15 is 0 Å². The van der Waals surface area contributed by atoms with Crippen molar-refractivity contribution < 1.29 is 24.2 Å². The van der Waals surface area contributed by atoms with Crippen molar-refractivity contribution in [3.63, 3.8) is 0 Å². The molecule has 4 aliphatic heterocycles. The number of likely N-dealkylation sites (tertiary alicyclic amines) is 1. The first kappa shape index (κ1) is 25.4. The number of carbonyl (C=O) groups is 3. The number of aliphatic hydroxyl groups excluding tert-OH is 1. The molecule has 5 rings (SSSR count). The fraction of sp³-hybridized carbons (Fsp3) is 0.519. The maximum Gasteiger partial charge on any atom is 0.311 e. The Bertz CT molecular complexity index is 1130. The number of hydrogen-bond donors (Lipinski definition) is 1. The summed E-state index contributed by atoms with van der Waals surface area (Å²) < 4.78 is 3.89. The topological polar surface area (TPSA) is 87.2 Å². The molecule has 192 valence electrons. The predicted molar refractivity (Wildman–Crippen MR) is 140 cm³/mol. The maximum absolute atomic E-state index is 14.4. The van der Waals surface area contributed by atoms with Gasteiger partial charge in [-0.05, 0) is 50.8 Å². The molecule has 9 heteroatoms. The van der Waals surface area contributed by atoms with E-state index in [0.29, 0.717) is 36.6 Å². The molecule has 0 aromatic heterocycles. The van der Waals surface area contributed by atoms with Crippen molar-refractivity contribution in [1.29, 1.82) is 0 Å². The summed E-state index contributed by atoms with van der Waals surface area (Å²) in [6.07, 6.45) is 9.75. The molecule has 2 fully saturated rings. The number of benzene rings is 1. The fourth-order valence-electron chi connectivity index (χ4n) is 6.33. The van der Waals surface area contributed by atoms with Crippen LogP contribution in [0.15, 0.2) is 42.5 Å². The number of amides is 2. The largest absolute Gasteiger partial charge is 0.461 e. The number of unbranched alkanes of at least 4 members (excludes halogenated alkanes) is 2. The van der Waals surface area contributed by atoms with Crippen molar-refractivity contribution in [2.24, 2.45) is 11.8 Å². The summed E-state index contributed by atoms with van der Waals surface area (Å²) in [5.41, 5.74) is 1.52. The van der Waals surface area contributed by atoms with Crippen LogP contribution in [0.25, 0.3) is 0 Å². The molecule has 0 saturated carbocycles. The summed E-state index contributed by atoms with van der Waals surface area (Å²) >= 11 is 8.11. The van der Waals surface area contributed by atoms with Crippen LogP contribution < -0.4 is 4.90 Å². The molecule has 1 aromatic rings. The van der Waals surface area contributed by atoms with Crippen LogP contribution in [-0.4, -0.2) is 69.6 Å². The molecule has 0 aliphatic carbocycles. The maximum atomic E-state index is 14.4. The highest BCUT2D eigenvalue weighted by atomic mass is 35.5. The van der Waals surface area contributed by atoms with Crippen molar-refractivity contribution in [2.45, 2.75) is 48.6 Å². The molecule has 36 heavy (non-hydrogen) atoms. The second-order valence-corrected chi connectivity index (χ2v) is 12.3. The van der Waals surface area contributed by atoms with E-state index in [4.69, 9.17) is 16.3 Å². The number of fused-ring (bicyclic) bond motifs is 2. The van der Waals surface area contributed by atoms with E-state index in [1.54, 1.807) is 15.9 Å². The van der Waals surface area contributed by atoms with Crippen molar-refractivity contribution in [3.05, 3.63) is 53.1 Å². The Kier molecular flexibility index (Phi) is 6.72. The van der Waals surface area contributed by atoms with Crippen molar-refractivity contribution >= 4 is 46.8 Å². The molecule has 2 saturated heterocycles. The van der Waals surface area contributed by atoms with Gasteiger partial charge in [-0.2, -0.15) is 0 Å². The molecule has 1 aromatic carbocycles. The van der Waals surface area contributed by atoms with Crippen LogP contribution in [-0.2, 0) is 19.1 Å². The minimum Gasteiger partial charge on any atom is -0.461 e. The monoisotopic (exact) mass is 530 g/mol. The number of halogens is 1. The number of para-hydroxylation sites is 1. The van der Waals surface area contributed by atoms with Gasteiger partial charge in [0.25, 0.3) is 5.91 Å². The highest BCUT2D eigenvalue weighted by molar-refractivity contribution is 8.02. The van der Waals surface area contributed by atoms with Crippen molar-refractivity contribution in [2.75, 3.05) is 31.2 Å². The molecule has 4 aliphatic rings. The highest BCUT2D eigenvalue weighted by Crippen LogP contribution is 2.65. The standard InChI is InChI=1S/C27H31ClN2O5S/c1-17-9-6-10-18(28)21(17)29-14-7-12-27-19(20-25(34)35-16-8-11-26(20,2)36-27)23(32)30(22(27)24(29)33)13-4-3-5-15-31/h6-12,19-20,22,31H,3-5,13-16H2,1-2H3/t19-,20+,22?,26-,27-/m0/s1. The molecular weight excluding hydrogens is 500 g/mol. The van der Waals surface area contributed by atoms with E-state index in [0.717, 1.165) is 12.0 Å². The van der Waals surface area contributed by atoms with Gasteiger partial charge in [-0.25, -0.2) is 0 Å². The lowest BCUT2D eigenvalue weighted by atomic mass is 9.75. The normalized spacial score (nSPS) is 33.2. The Morgan fingerprint density at radius 3 is 2.67 bits per heavy atom. The van der Waals surface area contributed by atoms with Gasteiger partial charge in [0.05, 0.1) is 27.3 Å². The average Bonchev–Trinajstić information content (AvgIpc) is 3.08. The van der Waals surface area contributed by atoms with Crippen LogP contribution in [0.5, 0.6) is 0 Å². The summed E-state index contributed by atoms with van der Waals surface area (Å²) in [4.78, 5) is 45.1. The lowest BCUT2D eigenvalue weighted by molar-refractivity contribution is -0.152. The first-order chi connectivity index (χ1) is 17.2. The number of anilines is 1. The van der Waals surface area contributed by atoms with Crippen molar-refractivity contribution in [3.8, 4) is 0 Å². The molecular formula is C27H31ClN2O5S. The average molecular weight is 531 g/mol. The zero-order valence-corrected chi connectivity index (χ0v) is 22.1. The van der Waals surface area contributed by atoms with Gasteiger partial charge >= 0.3 is 5.97 Å². The minimum atomic E-state index is -0.908. The van der Waals surface area contributed by atoms with Gasteiger partial charge in [0.1, 0.15) is 12.6 Å². The Morgan fingerprint density at radius 2 is 1.92 bits per heavy atom. The first-order valence-electron chi connectivity index (χ1n) is 12.5. The van der Waals surface area contributed by atoms with Gasteiger partial charge < -0.3 is 19.6 Å². The smallest absolute Gasteiger partial charge is 0.311 e. The molecule has 7 nitrogen and oxygen atoms in total. The van der Waals surface area contributed by atoms with E-state index in [1.807, 2.05) is 50.3 Å². The zero-order chi connectivity index (χ0) is 25.7. The van der Waals surface area contributed by atoms with Gasteiger partial charge in [-0.15, -0.1) is 11.8 Å². The van der Waals surface area contributed by atoms with Crippen molar-refractivity contribution in [1.82, 2.24) is 4.90 Å². The second-order valence-electron chi connectivity index (χ2n) is 10.1. The number of aryl methyl sites for hydroxylation is 1. The predicted octanol–water partition coefficient (Wildman–Crippen LogP) is 3.51. The van der Waals surface area contributed by atoms with E-state index in [2.05, 4.69) is 0 Å². The molecule has 0 radical (unpaired) electrons. The number of aliphatic hydroxyl groups is 1. The van der Waals surface area contributed by atoms with Gasteiger partial charge in [0.15, 0.2) is 0 Å². The third-order valence-electron chi connectivity index (χ3n) is 7.83. The lowest BCUT2D eigenvalue weighted by Crippen LogP contribution is -2.53. The van der Waals surface area contributed by atoms with Crippen LogP contribution in [0.2, 0.25) is 5.02 Å². The van der Waals surface area contributed by atoms with Crippen LogP contribution in [0, 0.1) is 18.8 Å². The summed E-state index contributed by atoms with van der Waals surface area (Å²) in [5, 5.41) is 9.69. The molecule has 2 amide bonds. The molecule has 4 heterocycles. The van der Waals surface area contributed by atoms with Gasteiger partial charge in [-0.3, -0.25) is 14.4 Å². The van der Waals surface area contributed by atoms with E-state index in [-0.39, 0.29) is 25.0 Å². The lowest BCUT2D eigenvalue weighted by Gasteiger charge is -2.37. The fourth-order valence-corrected chi connectivity index (χ4v) is 8.81. The Morgan fingerprint density at radius 1 is 1.11 bits per heavy atom. The van der Waals surface area contributed by atoms with E-state index in [9.17, 15) is 19.5 Å². The Balaban J connectivity index is 1.62. The number of nitrogens with zero attached hydrogens (tertiary/aromatic N) is 2. The van der Waals surface area contributed by atoms with E-state index < -0.39 is 33.3 Å². The quantitative estimate of drug-likeness (QED) is 0.344. The highest BCUT2D eigenvalue weighted by Gasteiger charge is 2.74. The summed E-state index contributed by atoms with van der Waals surface area (Å²) in [5.74, 6) is -2.18. The van der Waals surface area contributed by atoms with Crippen LogP contribution >= 0.6 is 23.4 Å². The third kappa shape index (κ3) is 3.80. The Hall–Kier alpha value is -2.29. The number of carbonyl (C=O) groups excluding carboxylic acids is 3. The SMILES string of the molecule is Cc1cccc(Cl)c1N1CC=C[C@]23S[C@@]4(C)C=CCOC(=O)[C@H]4[C@H]2C(=O)N(CCCCCO)C3C1=O. The van der Waals surface area contributed by atoms with Crippen LogP contribution in [0.3, 0.4) is 0 Å². The van der Waals surface area contributed by atoms with Gasteiger partial charge in [0, 0.05) is 24.4 Å². The summed E-state index contributed by atoms with van der Waals surface area (Å²) in [6, 6.07) is 4.75. The number of hydrogen-bond acceptors (Lipinski definition) is 6. The molecule has 1 N–H and O–H groups in total. The molecule has 1 spiro atoms. The Labute approximate surface area is 220 Å². The number of rotatable bonds is 6.